The Morgan fingerprint density at radius 2 is 1.45 bits per heavy atom. The van der Waals surface area contributed by atoms with Crippen molar-refractivity contribution in [3.8, 4) is 0 Å². The van der Waals surface area contributed by atoms with Gasteiger partial charge in [-0.15, -0.1) is 0 Å². The van der Waals surface area contributed by atoms with E-state index in [0.29, 0.717) is 12.8 Å². The summed E-state index contributed by atoms with van der Waals surface area (Å²) < 4.78 is 60.9. The van der Waals surface area contributed by atoms with E-state index in [0.717, 1.165) is 93.2 Å². The lowest BCUT2D eigenvalue weighted by atomic mass is 9.87. The summed E-state index contributed by atoms with van der Waals surface area (Å²) in [6.07, 6.45) is 24.8. The second-order valence-corrected chi connectivity index (χ2v) is 23.1. The van der Waals surface area contributed by atoms with E-state index >= 15 is 0 Å². The third kappa shape index (κ3) is 26.1. The van der Waals surface area contributed by atoms with Crippen LogP contribution in [0.25, 0.3) is 11.2 Å². The number of carbonyl (C=O) groups excluding carboxylic acids is 4. The number of thioether (sulfide) groups is 1. The molecular weight excluding hydrogens is 1080 g/mol. The fraction of sp³-hybridized carbons (Fsp3) is 0.596. The van der Waals surface area contributed by atoms with E-state index in [-0.39, 0.29) is 59.6 Å². The number of Topliss-reactive ketones (excluding diaryl/α,β-unsaturated/α-hetero) is 1. The molecule has 1 aliphatic rings. The first-order chi connectivity index (χ1) is 35.9. The van der Waals surface area contributed by atoms with Gasteiger partial charge in [0, 0.05) is 37.1 Å². The summed E-state index contributed by atoms with van der Waals surface area (Å²) in [5.41, 5.74) is 4.04. The smallest absolute Gasteiger partial charge is 0.274 e. The molecule has 2 unspecified atom stereocenters. The van der Waals surface area contributed by atoms with Gasteiger partial charge in [-0.05, 0) is 51.4 Å². The van der Waals surface area contributed by atoms with Crippen molar-refractivity contribution < 1.29 is 85.3 Å². The number of fused-ring (bicyclic) bond motifs is 1. The minimum Gasteiger partial charge on any atom is -0.790 e. The minimum absolute atomic E-state index is 0.0278. The van der Waals surface area contributed by atoms with Crippen molar-refractivity contribution in [1.29, 1.82) is 0 Å². The Balaban J connectivity index is 1.25. The lowest BCUT2D eigenvalue weighted by Gasteiger charge is -2.36. The minimum atomic E-state index is -5.94. The van der Waals surface area contributed by atoms with Crippen LogP contribution in [-0.2, 0) is 55.5 Å². The number of nitrogen functional groups attached to an aromatic ring is 1. The van der Waals surface area contributed by atoms with E-state index in [9.17, 15) is 62.7 Å². The molecule has 0 aliphatic carbocycles. The molecule has 2 aromatic rings. The quantitative estimate of drug-likeness (QED) is 0.0277. The summed E-state index contributed by atoms with van der Waals surface area (Å²) in [5, 5.41) is 26.1. The van der Waals surface area contributed by atoms with Crippen LogP contribution in [0.2, 0.25) is 0 Å². The molecule has 2 aromatic heterocycles. The van der Waals surface area contributed by atoms with Crippen molar-refractivity contribution in [2.75, 3.05) is 37.8 Å². The Morgan fingerprint density at radius 3 is 2.09 bits per heavy atom. The van der Waals surface area contributed by atoms with Gasteiger partial charge in [-0.1, -0.05) is 113 Å². The molecule has 2 amide bonds. The number of nitrogens with zero attached hydrogens (tertiary/aromatic N) is 4. The standard InChI is InChI=1S/C47H74N7O18P3S/c1-4-5-6-7-8-9-10-11-12-13-14-15-16-17-18-19-20-21-22-23-24-25-35(55)30-38(57)76-29-28-49-37(56)26-27-50-45(60)42(59)47(2,3)32-69-75(66,67)72-74(64,65)68-31-36-41(71-73(61,62)63)40(58)46(70-36)54-34-53-39-43(48)51-33-52-44(39)54/h5-6,8-9,11-12,14-15,17-18,33-34,36,40-42,46,58-59H,4,7,10,13,16,19-32H2,1-3H3,(H,49,56)(H,50,60)(H,64,65)(H,66,67)(H2,48,51,52)(H2,61,62,63)/p-4/b6-5-,9-8-,12-11-,15-14-,18-17-/t36-,40-,41-,42+,46-/m1/s1. The molecule has 3 heterocycles. The second-order valence-electron chi connectivity index (χ2n) is 17.9. The number of hydrogen-bond acceptors (Lipinski definition) is 23. The van der Waals surface area contributed by atoms with Crippen LogP contribution in [-0.4, -0.2) is 109 Å². The normalized spacial score (nSPS) is 19.6. The molecule has 0 radical (unpaired) electrons. The van der Waals surface area contributed by atoms with Crippen LogP contribution in [0, 0.1) is 5.41 Å². The van der Waals surface area contributed by atoms with E-state index < -0.39 is 84.6 Å². The highest BCUT2D eigenvalue weighted by atomic mass is 32.2. The van der Waals surface area contributed by atoms with E-state index in [2.05, 4.69) is 111 Å². The Labute approximate surface area is 446 Å². The number of aromatic nitrogens is 4. The number of hydrogen-bond donors (Lipinski definition) is 5. The first-order valence-electron chi connectivity index (χ1n) is 24.7. The zero-order chi connectivity index (χ0) is 56.2. The molecule has 25 nitrogen and oxygen atoms in total. The molecule has 1 saturated heterocycles. The molecule has 0 spiro atoms. The third-order valence-electron chi connectivity index (χ3n) is 11.1. The predicted octanol–water partition coefficient (Wildman–Crippen LogP) is 3.58. The molecule has 3 rings (SSSR count). The number of imidazole rings is 1. The van der Waals surface area contributed by atoms with Gasteiger partial charge in [0.2, 0.25) is 11.8 Å². The van der Waals surface area contributed by atoms with Crippen LogP contribution < -0.4 is 35.9 Å². The molecule has 1 aliphatic heterocycles. The maximum atomic E-state index is 12.7. The number of nitrogens with one attached hydrogen (secondary N) is 2. The number of unbranched alkanes of at least 4 members (excludes halogenated alkanes) is 5. The molecule has 76 heavy (non-hydrogen) atoms. The lowest BCUT2D eigenvalue weighted by Crippen LogP contribution is -2.46. The molecular formula is C47H70N7O18P3S-4. The van der Waals surface area contributed by atoms with Crippen LogP contribution in [0.5, 0.6) is 0 Å². The van der Waals surface area contributed by atoms with Crippen molar-refractivity contribution in [3.63, 3.8) is 0 Å². The highest BCUT2D eigenvalue weighted by Crippen LogP contribution is 2.56. The monoisotopic (exact) mass is 1150 g/mol. The summed E-state index contributed by atoms with van der Waals surface area (Å²) in [6, 6.07) is 0. The zero-order valence-corrected chi connectivity index (χ0v) is 46.3. The number of aliphatic hydroxyl groups excluding tert-OH is 2. The maximum absolute atomic E-state index is 12.7. The summed E-state index contributed by atoms with van der Waals surface area (Å²) in [4.78, 5) is 109. The van der Waals surface area contributed by atoms with Crippen LogP contribution in [0.1, 0.15) is 117 Å². The van der Waals surface area contributed by atoms with E-state index in [1.54, 1.807) is 0 Å². The number of rotatable bonds is 38. The lowest BCUT2D eigenvalue weighted by molar-refractivity contribution is -0.347. The number of anilines is 1. The maximum Gasteiger partial charge on any atom is 0.274 e. The van der Waals surface area contributed by atoms with Crippen LogP contribution in [0.4, 0.5) is 5.82 Å². The average molecular weight is 1150 g/mol. The van der Waals surface area contributed by atoms with Crippen molar-refractivity contribution in [1.82, 2.24) is 30.2 Å². The summed E-state index contributed by atoms with van der Waals surface area (Å²) in [6.45, 7) is 2.04. The molecule has 6 N–H and O–H groups in total. The van der Waals surface area contributed by atoms with Gasteiger partial charge < -0.3 is 69.0 Å². The number of phosphoric ester groups is 3. The fourth-order valence-electron chi connectivity index (χ4n) is 7.06. The predicted molar refractivity (Wildman–Crippen MR) is 275 cm³/mol. The fourth-order valence-corrected chi connectivity index (χ4v) is 10.5. The Kier molecular flexibility index (Phi) is 29.7. The van der Waals surface area contributed by atoms with Crippen LogP contribution in [0.3, 0.4) is 0 Å². The first-order valence-corrected chi connectivity index (χ1v) is 30.1. The summed E-state index contributed by atoms with van der Waals surface area (Å²) in [7, 11) is -17.7. The van der Waals surface area contributed by atoms with Gasteiger partial charge in [-0.25, -0.2) is 19.3 Å². The number of nitrogens with two attached hydrogens (primary N) is 1. The zero-order valence-electron chi connectivity index (χ0n) is 42.8. The third-order valence-corrected chi connectivity index (χ3v) is 15.0. The highest BCUT2D eigenvalue weighted by molar-refractivity contribution is 8.13. The summed E-state index contributed by atoms with van der Waals surface area (Å²) >= 11 is 0.916. The number of allylic oxidation sites excluding steroid dienone is 10. The van der Waals surface area contributed by atoms with E-state index in [4.69, 9.17) is 10.5 Å². The van der Waals surface area contributed by atoms with Crippen LogP contribution >= 0.6 is 35.2 Å². The number of aliphatic hydroxyl groups is 2. The Hall–Kier alpha value is -4.07. The SMILES string of the molecule is CC/C=C\C/C=C\C/C=C\C/C=C\C/C=C\CCCCCCCC(=O)CC(=O)SCCNC(=O)CCNC(=O)[C@H](O)C(C)(C)COP(=O)([O-])OP(=O)([O-])OC[C@H]1O[C@@H](n2cnc3c(N)ncnc32)[C@H](O)[C@@H]1OP(=O)([O-])[O-]. The first kappa shape index (κ1) is 66.2. The van der Waals surface area contributed by atoms with Gasteiger partial charge >= 0.3 is 0 Å². The Morgan fingerprint density at radius 1 is 0.842 bits per heavy atom. The van der Waals surface area contributed by atoms with Gasteiger partial charge in [0.15, 0.2) is 22.8 Å². The second kappa shape index (κ2) is 34.0. The number of carbonyl (C=O) groups is 4. The highest BCUT2D eigenvalue weighted by Gasteiger charge is 2.47. The van der Waals surface area contributed by atoms with Gasteiger partial charge in [0.25, 0.3) is 15.6 Å². The molecule has 0 saturated carbocycles. The summed E-state index contributed by atoms with van der Waals surface area (Å²) in [5.74, 6) is -1.56. The molecule has 0 bridgehead atoms. The van der Waals surface area contributed by atoms with Crippen molar-refractivity contribution in [2.45, 2.75) is 141 Å². The number of ketones is 1. The van der Waals surface area contributed by atoms with Gasteiger partial charge in [-0.3, -0.25) is 32.9 Å². The van der Waals surface area contributed by atoms with Crippen molar-refractivity contribution in [3.05, 3.63) is 73.4 Å². The van der Waals surface area contributed by atoms with Crippen molar-refractivity contribution in [2.24, 2.45) is 5.41 Å². The van der Waals surface area contributed by atoms with E-state index in [1.807, 2.05) is 0 Å². The average Bonchev–Trinajstić information content (AvgIpc) is 3.91. The number of phosphoric acid groups is 3. The van der Waals surface area contributed by atoms with E-state index in [1.165, 1.54) is 13.8 Å². The van der Waals surface area contributed by atoms with Gasteiger partial charge in [0.1, 0.15) is 42.0 Å². The largest absolute Gasteiger partial charge is 0.790 e. The number of amides is 2. The Bertz CT molecular complexity index is 2470. The molecule has 29 heteroatoms. The molecule has 426 valence electrons. The molecule has 1 fully saturated rings. The van der Waals surface area contributed by atoms with Gasteiger partial charge in [-0.2, -0.15) is 0 Å². The number of ether oxygens (including phenoxy) is 1. The topological polar surface area (TPSA) is 392 Å². The molecule has 0 aromatic carbocycles. The molecule has 7 atom stereocenters. The van der Waals surface area contributed by atoms with Crippen molar-refractivity contribution >= 4 is 74.9 Å². The van der Waals surface area contributed by atoms with Gasteiger partial charge in [0.05, 0.1) is 33.8 Å². The van der Waals surface area contributed by atoms with Crippen LogP contribution in [0.15, 0.2) is 73.4 Å².